The standard InChI is InChI=1S/C6H13N3O2/c1-4(2)5(10)9(3)8-6(7)11/h4H,1-3H3,(H3,7,8,11). The van der Waals surface area contributed by atoms with Crippen LogP contribution in [0.15, 0.2) is 0 Å². The smallest absolute Gasteiger partial charge is 0.331 e. The van der Waals surface area contributed by atoms with E-state index >= 15 is 0 Å². The highest BCUT2D eigenvalue weighted by Gasteiger charge is 2.12. The number of carbonyl (C=O) groups is 2. The predicted octanol–water partition coefficient (Wildman–Crippen LogP) is -0.316. The topological polar surface area (TPSA) is 75.4 Å². The van der Waals surface area contributed by atoms with E-state index in [2.05, 4.69) is 5.43 Å². The number of hydrogen-bond acceptors (Lipinski definition) is 2. The van der Waals surface area contributed by atoms with Crippen molar-refractivity contribution in [2.24, 2.45) is 11.7 Å². The molecule has 0 saturated heterocycles. The molecule has 0 spiro atoms. The number of hydrogen-bond donors (Lipinski definition) is 2. The summed E-state index contributed by atoms with van der Waals surface area (Å²) in [5, 5.41) is 1.08. The SMILES string of the molecule is CC(C)C(=O)N(C)NC(N)=O. The first kappa shape index (κ1) is 9.74. The molecule has 0 unspecified atom stereocenters. The van der Waals surface area contributed by atoms with Gasteiger partial charge in [0.2, 0.25) is 5.91 Å². The Morgan fingerprint density at radius 2 is 1.91 bits per heavy atom. The monoisotopic (exact) mass is 159 g/mol. The average Bonchev–Trinajstić information content (AvgIpc) is 1.84. The molecule has 5 heteroatoms. The van der Waals surface area contributed by atoms with Gasteiger partial charge >= 0.3 is 6.03 Å². The van der Waals surface area contributed by atoms with Gasteiger partial charge in [-0.25, -0.2) is 10.2 Å². The molecule has 0 radical (unpaired) electrons. The van der Waals surface area contributed by atoms with Gasteiger partial charge in [0.15, 0.2) is 0 Å². The molecular formula is C6H13N3O2. The van der Waals surface area contributed by atoms with E-state index in [4.69, 9.17) is 5.73 Å². The van der Waals surface area contributed by atoms with E-state index in [0.717, 1.165) is 5.01 Å². The minimum absolute atomic E-state index is 0.146. The fourth-order valence-electron chi connectivity index (χ4n) is 0.608. The van der Waals surface area contributed by atoms with Gasteiger partial charge < -0.3 is 5.73 Å². The van der Waals surface area contributed by atoms with Gasteiger partial charge in [0, 0.05) is 13.0 Å². The summed E-state index contributed by atoms with van der Waals surface area (Å²) >= 11 is 0. The maximum Gasteiger partial charge on any atom is 0.331 e. The fourth-order valence-corrected chi connectivity index (χ4v) is 0.608. The van der Waals surface area contributed by atoms with Crippen LogP contribution in [0.5, 0.6) is 0 Å². The maximum absolute atomic E-state index is 11.0. The summed E-state index contributed by atoms with van der Waals surface area (Å²) in [5.74, 6) is -0.323. The van der Waals surface area contributed by atoms with Crippen molar-refractivity contribution < 1.29 is 9.59 Å². The van der Waals surface area contributed by atoms with Crippen molar-refractivity contribution in [1.82, 2.24) is 10.4 Å². The van der Waals surface area contributed by atoms with Gasteiger partial charge in [-0.15, -0.1) is 0 Å². The number of nitrogens with one attached hydrogen (secondary N) is 1. The van der Waals surface area contributed by atoms with Crippen molar-refractivity contribution in [3.8, 4) is 0 Å². The Morgan fingerprint density at radius 3 is 2.18 bits per heavy atom. The minimum Gasteiger partial charge on any atom is -0.350 e. The lowest BCUT2D eigenvalue weighted by atomic mass is 10.2. The third-order valence-corrected chi connectivity index (χ3v) is 1.10. The molecule has 0 bridgehead atoms. The zero-order valence-electron chi connectivity index (χ0n) is 6.92. The van der Waals surface area contributed by atoms with Crippen molar-refractivity contribution in [2.45, 2.75) is 13.8 Å². The highest BCUT2D eigenvalue weighted by atomic mass is 16.2. The number of primary amides is 1. The molecule has 0 heterocycles. The van der Waals surface area contributed by atoms with Crippen molar-refractivity contribution in [3.05, 3.63) is 0 Å². The van der Waals surface area contributed by atoms with E-state index in [-0.39, 0.29) is 11.8 Å². The third kappa shape index (κ3) is 3.44. The molecule has 3 amide bonds. The maximum atomic E-state index is 11.0. The normalized spacial score (nSPS) is 9.45. The van der Waals surface area contributed by atoms with Gasteiger partial charge in [0.05, 0.1) is 0 Å². The van der Waals surface area contributed by atoms with Crippen molar-refractivity contribution in [1.29, 1.82) is 0 Å². The average molecular weight is 159 g/mol. The summed E-state index contributed by atoms with van der Waals surface area (Å²) in [6, 6.07) is -0.735. The summed E-state index contributed by atoms with van der Waals surface area (Å²) < 4.78 is 0. The van der Waals surface area contributed by atoms with Gasteiger partial charge in [-0.1, -0.05) is 13.8 Å². The molecule has 5 nitrogen and oxygen atoms in total. The van der Waals surface area contributed by atoms with Crippen LogP contribution in [-0.2, 0) is 4.79 Å². The number of urea groups is 1. The zero-order valence-corrected chi connectivity index (χ0v) is 6.92. The molecule has 0 aromatic carbocycles. The van der Waals surface area contributed by atoms with E-state index in [1.54, 1.807) is 13.8 Å². The lowest BCUT2D eigenvalue weighted by molar-refractivity contribution is -0.135. The quantitative estimate of drug-likeness (QED) is 0.515. The van der Waals surface area contributed by atoms with Crippen LogP contribution in [0.2, 0.25) is 0 Å². The Morgan fingerprint density at radius 1 is 1.45 bits per heavy atom. The summed E-state index contributed by atoms with van der Waals surface area (Å²) in [7, 11) is 1.45. The van der Waals surface area contributed by atoms with E-state index in [1.165, 1.54) is 7.05 Å². The van der Waals surface area contributed by atoms with Crippen LogP contribution < -0.4 is 11.2 Å². The highest BCUT2D eigenvalue weighted by molar-refractivity contribution is 5.81. The first-order valence-electron chi connectivity index (χ1n) is 3.28. The van der Waals surface area contributed by atoms with E-state index in [9.17, 15) is 9.59 Å². The predicted molar refractivity (Wildman–Crippen MR) is 40.3 cm³/mol. The Hall–Kier alpha value is -1.26. The summed E-state index contributed by atoms with van der Waals surface area (Å²) in [5.41, 5.74) is 6.93. The number of rotatable bonds is 1. The van der Waals surface area contributed by atoms with Crippen LogP contribution in [0.25, 0.3) is 0 Å². The zero-order chi connectivity index (χ0) is 9.02. The third-order valence-electron chi connectivity index (χ3n) is 1.10. The molecule has 0 aliphatic heterocycles. The second-order valence-electron chi connectivity index (χ2n) is 2.53. The molecule has 0 aromatic rings. The van der Waals surface area contributed by atoms with Crippen molar-refractivity contribution in [3.63, 3.8) is 0 Å². The second-order valence-corrected chi connectivity index (χ2v) is 2.53. The van der Waals surface area contributed by atoms with Crippen LogP contribution in [0.3, 0.4) is 0 Å². The van der Waals surface area contributed by atoms with Gasteiger partial charge in [-0.3, -0.25) is 9.80 Å². The summed E-state index contributed by atoms with van der Waals surface area (Å²) in [4.78, 5) is 21.3. The van der Waals surface area contributed by atoms with Crippen LogP contribution in [0.1, 0.15) is 13.8 Å². The Bertz CT molecular complexity index is 167. The molecule has 0 aliphatic rings. The molecular weight excluding hydrogens is 146 g/mol. The van der Waals surface area contributed by atoms with Crippen LogP contribution in [0.4, 0.5) is 4.79 Å². The number of nitrogens with zero attached hydrogens (tertiary/aromatic N) is 1. The van der Waals surface area contributed by atoms with Crippen molar-refractivity contribution >= 4 is 11.9 Å². The molecule has 0 saturated carbocycles. The van der Waals surface area contributed by atoms with Crippen molar-refractivity contribution in [2.75, 3.05) is 7.05 Å². The molecule has 3 N–H and O–H groups in total. The highest BCUT2D eigenvalue weighted by Crippen LogP contribution is 1.95. The minimum atomic E-state index is -0.735. The van der Waals surface area contributed by atoms with Gasteiger partial charge in [-0.05, 0) is 0 Å². The number of hydrazine groups is 1. The molecule has 0 atom stereocenters. The Balaban J connectivity index is 3.93. The molecule has 64 valence electrons. The molecule has 0 aliphatic carbocycles. The first-order chi connectivity index (χ1) is 4.95. The molecule has 0 rings (SSSR count). The molecule has 0 aromatic heterocycles. The van der Waals surface area contributed by atoms with E-state index in [1.807, 2.05) is 0 Å². The van der Waals surface area contributed by atoms with E-state index in [0.29, 0.717) is 0 Å². The lowest BCUT2D eigenvalue weighted by Crippen LogP contribution is -2.47. The first-order valence-corrected chi connectivity index (χ1v) is 3.28. The fraction of sp³-hybridized carbons (Fsp3) is 0.667. The number of carbonyl (C=O) groups excluding carboxylic acids is 2. The van der Waals surface area contributed by atoms with E-state index < -0.39 is 6.03 Å². The second kappa shape index (κ2) is 3.80. The number of amides is 3. The van der Waals surface area contributed by atoms with Crippen LogP contribution in [-0.4, -0.2) is 24.0 Å². The summed E-state index contributed by atoms with van der Waals surface area (Å²) in [6.45, 7) is 3.48. The molecule has 0 fully saturated rings. The lowest BCUT2D eigenvalue weighted by Gasteiger charge is -2.18. The Labute approximate surface area is 65.5 Å². The Kier molecular flexibility index (Phi) is 3.36. The number of nitrogens with two attached hydrogens (primary N) is 1. The van der Waals surface area contributed by atoms with Crippen LogP contribution >= 0.6 is 0 Å². The van der Waals surface area contributed by atoms with Crippen LogP contribution in [0, 0.1) is 5.92 Å². The van der Waals surface area contributed by atoms with Gasteiger partial charge in [-0.2, -0.15) is 0 Å². The van der Waals surface area contributed by atoms with Gasteiger partial charge in [0.1, 0.15) is 0 Å². The largest absolute Gasteiger partial charge is 0.350 e. The summed E-state index contributed by atoms with van der Waals surface area (Å²) in [6.07, 6.45) is 0. The molecule has 11 heavy (non-hydrogen) atoms. The van der Waals surface area contributed by atoms with Gasteiger partial charge in [0.25, 0.3) is 0 Å².